The standard InChI is InChI=1S/C20H24N2O2/c1-2-24-20(23)18-17(14-8-4-3-5-9-14)15-10-6-7-11-16(15)22-13-12-21-19(18)22/h3-5,8-9,17,21H,2,6-7,10-13H2,1H3/t17-/m0/s1. The highest BCUT2D eigenvalue weighted by Crippen LogP contribution is 2.47. The van der Waals surface area contributed by atoms with E-state index in [0.29, 0.717) is 6.61 Å². The minimum Gasteiger partial charge on any atom is -0.463 e. The third-order valence-electron chi connectivity index (χ3n) is 5.22. The summed E-state index contributed by atoms with van der Waals surface area (Å²) in [7, 11) is 0. The molecule has 0 spiro atoms. The number of hydrogen-bond donors (Lipinski definition) is 1. The molecule has 126 valence electrons. The highest BCUT2D eigenvalue weighted by atomic mass is 16.5. The zero-order chi connectivity index (χ0) is 16.5. The SMILES string of the molecule is CCOC(=O)C1=C2NCCN2C2=C(CCCC2)[C@@H]1c1ccccc1. The molecule has 0 radical (unpaired) electrons. The number of hydrogen-bond acceptors (Lipinski definition) is 4. The Bertz CT molecular complexity index is 706. The predicted octanol–water partition coefficient (Wildman–Crippen LogP) is 3.29. The van der Waals surface area contributed by atoms with Gasteiger partial charge in [0.25, 0.3) is 0 Å². The molecule has 0 saturated carbocycles. The molecule has 24 heavy (non-hydrogen) atoms. The van der Waals surface area contributed by atoms with Crippen molar-refractivity contribution in [3.05, 3.63) is 58.6 Å². The molecule has 2 aliphatic heterocycles. The van der Waals surface area contributed by atoms with Crippen LogP contribution in [0.2, 0.25) is 0 Å². The van der Waals surface area contributed by atoms with Crippen molar-refractivity contribution in [2.24, 2.45) is 0 Å². The molecule has 4 nitrogen and oxygen atoms in total. The van der Waals surface area contributed by atoms with Gasteiger partial charge in [0, 0.05) is 24.7 Å². The van der Waals surface area contributed by atoms with E-state index in [9.17, 15) is 4.79 Å². The van der Waals surface area contributed by atoms with Crippen molar-refractivity contribution in [1.29, 1.82) is 0 Å². The molecule has 0 bridgehead atoms. The van der Waals surface area contributed by atoms with Crippen LogP contribution < -0.4 is 5.32 Å². The fraction of sp³-hybridized carbons (Fsp3) is 0.450. The number of allylic oxidation sites excluding steroid dienone is 2. The Morgan fingerprint density at radius 3 is 2.83 bits per heavy atom. The third-order valence-corrected chi connectivity index (χ3v) is 5.22. The van der Waals surface area contributed by atoms with E-state index in [1.165, 1.54) is 29.7 Å². The van der Waals surface area contributed by atoms with Crippen molar-refractivity contribution in [3.63, 3.8) is 0 Å². The van der Waals surface area contributed by atoms with Crippen molar-refractivity contribution >= 4 is 5.97 Å². The summed E-state index contributed by atoms with van der Waals surface area (Å²) in [6, 6.07) is 10.4. The molecule has 1 aliphatic carbocycles. The van der Waals surface area contributed by atoms with Gasteiger partial charge in [0.1, 0.15) is 5.82 Å². The normalized spacial score (nSPS) is 22.9. The first kappa shape index (κ1) is 15.3. The minimum atomic E-state index is -0.183. The van der Waals surface area contributed by atoms with Gasteiger partial charge in [-0.1, -0.05) is 30.3 Å². The molecule has 3 aliphatic rings. The summed E-state index contributed by atoms with van der Waals surface area (Å²) < 4.78 is 5.43. The lowest BCUT2D eigenvalue weighted by Crippen LogP contribution is -2.35. The van der Waals surface area contributed by atoms with Crippen LogP contribution in [-0.2, 0) is 9.53 Å². The van der Waals surface area contributed by atoms with Crippen molar-refractivity contribution in [2.75, 3.05) is 19.7 Å². The average Bonchev–Trinajstić information content (AvgIpc) is 3.11. The molecular formula is C20H24N2O2. The van der Waals surface area contributed by atoms with Crippen LogP contribution in [0.15, 0.2) is 53.0 Å². The second-order valence-corrected chi connectivity index (χ2v) is 6.58. The Morgan fingerprint density at radius 1 is 1.25 bits per heavy atom. The van der Waals surface area contributed by atoms with E-state index in [1.54, 1.807) is 0 Å². The summed E-state index contributed by atoms with van der Waals surface area (Å²) in [4.78, 5) is 15.2. The Balaban J connectivity index is 1.88. The number of esters is 1. The number of ether oxygens (including phenoxy) is 1. The summed E-state index contributed by atoms with van der Waals surface area (Å²) in [6.07, 6.45) is 4.62. The van der Waals surface area contributed by atoms with Crippen LogP contribution in [0, 0.1) is 0 Å². The van der Waals surface area contributed by atoms with Crippen LogP contribution in [0.5, 0.6) is 0 Å². The Morgan fingerprint density at radius 2 is 2.04 bits per heavy atom. The van der Waals surface area contributed by atoms with Gasteiger partial charge in [0.05, 0.1) is 12.2 Å². The fourth-order valence-corrected chi connectivity index (χ4v) is 4.28. The van der Waals surface area contributed by atoms with Crippen LogP contribution in [0.25, 0.3) is 0 Å². The maximum Gasteiger partial charge on any atom is 0.338 e. The van der Waals surface area contributed by atoms with Crippen LogP contribution in [-0.4, -0.2) is 30.6 Å². The van der Waals surface area contributed by atoms with Gasteiger partial charge in [-0.2, -0.15) is 0 Å². The van der Waals surface area contributed by atoms with E-state index < -0.39 is 0 Å². The maximum atomic E-state index is 12.8. The highest BCUT2D eigenvalue weighted by molar-refractivity contribution is 5.92. The lowest BCUT2D eigenvalue weighted by molar-refractivity contribution is -0.139. The Labute approximate surface area is 143 Å². The molecule has 1 aromatic carbocycles. The van der Waals surface area contributed by atoms with Crippen molar-refractivity contribution in [1.82, 2.24) is 10.2 Å². The first-order chi connectivity index (χ1) is 11.8. The second kappa shape index (κ2) is 6.34. The summed E-state index contributed by atoms with van der Waals surface area (Å²) in [6.45, 7) is 4.10. The largest absolute Gasteiger partial charge is 0.463 e. The minimum absolute atomic E-state index is 0.0254. The zero-order valence-electron chi connectivity index (χ0n) is 14.2. The average molecular weight is 324 g/mol. The van der Waals surface area contributed by atoms with Crippen molar-refractivity contribution in [2.45, 2.75) is 38.5 Å². The second-order valence-electron chi connectivity index (χ2n) is 6.58. The number of benzene rings is 1. The van der Waals surface area contributed by atoms with E-state index in [2.05, 4.69) is 34.5 Å². The molecule has 2 heterocycles. The van der Waals surface area contributed by atoms with Gasteiger partial charge in [-0.25, -0.2) is 4.79 Å². The third kappa shape index (κ3) is 2.41. The number of nitrogens with one attached hydrogen (secondary N) is 1. The van der Waals surface area contributed by atoms with Gasteiger partial charge in [-0.15, -0.1) is 0 Å². The van der Waals surface area contributed by atoms with E-state index in [-0.39, 0.29) is 11.9 Å². The molecule has 1 aromatic rings. The molecule has 0 unspecified atom stereocenters. The summed E-state index contributed by atoms with van der Waals surface area (Å²) in [5.74, 6) is 0.818. The Kier molecular flexibility index (Phi) is 4.05. The molecule has 4 heteroatoms. The number of fused-ring (bicyclic) bond motifs is 2. The van der Waals surface area contributed by atoms with E-state index in [0.717, 1.165) is 37.3 Å². The van der Waals surface area contributed by atoms with Gasteiger partial charge in [0.15, 0.2) is 0 Å². The topological polar surface area (TPSA) is 41.6 Å². The van der Waals surface area contributed by atoms with Gasteiger partial charge in [-0.05, 0) is 43.7 Å². The quantitative estimate of drug-likeness (QED) is 0.866. The maximum absolute atomic E-state index is 12.8. The van der Waals surface area contributed by atoms with Gasteiger partial charge in [-0.3, -0.25) is 0 Å². The van der Waals surface area contributed by atoms with E-state index in [4.69, 9.17) is 4.74 Å². The van der Waals surface area contributed by atoms with E-state index >= 15 is 0 Å². The smallest absolute Gasteiger partial charge is 0.338 e. The molecule has 1 fully saturated rings. The number of carbonyl (C=O) groups is 1. The molecule has 0 aromatic heterocycles. The lowest BCUT2D eigenvalue weighted by atomic mass is 9.76. The first-order valence-electron chi connectivity index (χ1n) is 9.00. The zero-order valence-corrected chi connectivity index (χ0v) is 14.2. The number of nitrogens with zero attached hydrogens (tertiary/aromatic N) is 1. The number of carbonyl (C=O) groups excluding carboxylic acids is 1. The van der Waals surface area contributed by atoms with Crippen molar-refractivity contribution < 1.29 is 9.53 Å². The summed E-state index contributed by atoms with van der Waals surface area (Å²) >= 11 is 0. The molecule has 0 amide bonds. The monoisotopic (exact) mass is 324 g/mol. The lowest BCUT2D eigenvalue weighted by Gasteiger charge is -2.39. The van der Waals surface area contributed by atoms with Crippen LogP contribution in [0.1, 0.15) is 44.1 Å². The first-order valence-corrected chi connectivity index (χ1v) is 9.00. The molecular weight excluding hydrogens is 300 g/mol. The number of rotatable bonds is 3. The summed E-state index contributed by atoms with van der Waals surface area (Å²) in [5, 5.41) is 3.45. The van der Waals surface area contributed by atoms with Gasteiger partial charge >= 0.3 is 5.97 Å². The van der Waals surface area contributed by atoms with Crippen molar-refractivity contribution in [3.8, 4) is 0 Å². The van der Waals surface area contributed by atoms with Gasteiger partial charge in [0.2, 0.25) is 0 Å². The molecule has 4 rings (SSSR count). The van der Waals surface area contributed by atoms with E-state index in [1.807, 2.05) is 13.0 Å². The van der Waals surface area contributed by atoms with Crippen LogP contribution in [0.4, 0.5) is 0 Å². The predicted molar refractivity (Wildman–Crippen MR) is 93.0 cm³/mol. The van der Waals surface area contributed by atoms with Gasteiger partial charge < -0.3 is 15.0 Å². The summed E-state index contributed by atoms with van der Waals surface area (Å²) in [5.41, 5.74) is 4.84. The molecule has 1 saturated heterocycles. The fourth-order valence-electron chi connectivity index (χ4n) is 4.28. The Hall–Kier alpha value is -2.23. The highest BCUT2D eigenvalue weighted by Gasteiger charge is 2.41. The molecule has 1 N–H and O–H groups in total. The molecule has 1 atom stereocenters. The van der Waals surface area contributed by atoms with Crippen LogP contribution >= 0.6 is 0 Å². The van der Waals surface area contributed by atoms with Crippen LogP contribution in [0.3, 0.4) is 0 Å².